The highest BCUT2D eigenvalue weighted by molar-refractivity contribution is 5.97. The normalized spacial score (nSPS) is 23.7. The van der Waals surface area contributed by atoms with Gasteiger partial charge in [0, 0.05) is 5.69 Å². The predicted octanol–water partition coefficient (Wildman–Crippen LogP) is 4.78. The number of halogens is 3. The fraction of sp³-hybridized carbons (Fsp3) is 0.588. The lowest BCUT2D eigenvalue weighted by Crippen LogP contribution is -2.30. The lowest BCUT2D eigenvalue weighted by Gasteiger charge is -2.18. The number of nitrogens with one attached hydrogen (secondary N) is 1. The molecule has 2 atom stereocenters. The highest BCUT2D eigenvalue weighted by Gasteiger charge is 2.69. The van der Waals surface area contributed by atoms with E-state index in [1.165, 1.54) is 0 Å². The minimum atomic E-state index is -4.32. The number of carbonyl (C=O) groups excluding carboxylic acids is 1. The molecule has 0 saturated heterocycles. The molecule has 2 unspecified atom stereocenters. The smallest absolute Gasteiger partial charge is 0.392 e. The molecule has 1 aromatic rings. The van der Waals surface area contributed by atoms with Crippen molar-refractivity contribution in [3.63, 3.8) is 0 Å². The van der Waals surface area contributed by atoms with Crippen LogP contribution in [0.4, 0.5) is 18.9 Å². The first kappa shape index (κ1) is 17.6. The molecule has 0 aliphatic heterocycles. The molecular weight excluding hydrogens is 307 g/mol. The maximum atomic E-state index is 12.9. The van der Waals surface area contributed by atoms with Gasteiger partial charge in [0.05, 0.1) is 17.4 Å². The van der Waals surface area contributed by atoms with Crippen LogP contribution in [0.25, 0.3) is 0 Å². The van der Waals surface area contributed by atoms with Crippen LogP contribution in [0.2, 0.25) is 0 Å². The van der Waals surface area contributed by atoms with Crippen LogP contribution in [0.15, 0.2) is 24.3 Å². The lowest BCUT2D eigenvalue weighted by atomic mass is 9.95. The van der Waals surface area contributed by atoms with E-state index in [1.807, 2.05) is 13.8 Å². The molecule has 0 heterocycles. The molecule has 128 valence electrons. The fourth-order valence-electron chi connectivity index (χ4n) is 2.97. The molecule has 6 heteroatoms. The van der Waals surface area contributed by atoms with E-state index in [1.54, 1.807) is 31.2 Å². The molecule has 1 saturated carbocycles. The molecule has 0 bridgehead atoms. The van der Waals surface area contributed by atoms with Crippen molar-refractivity contribution in [3.05, 3.63) is 24.3 Å². The number of ether oxygens (including phenoxy) is 1. The van der Waals surface area contributed by atoms with Gasteiger partial charge in [0.1, 0.15) is 5.75 Å². The standard InChI is InChI=1S/C17H22F3NO2/c1-4-9-16(10-14(16)17(18,19)20)15(22)21-12-5-7-13(8-6-12)23-11(2)3/h5-8,11,14H,4,9-10H2,1-3H3,(H,21,22). The molecule has 0 aromatic heterocycles. The van der Waals surface area contributed by atoms with Gasteiger partial charge in [-0.2, -0.15) is 13.2 Å². The average molecular weight is 329 g/mol. The van der Waals surface area contributed by atoms with E-state index < -0.39 is 23.4 Å². The Balaban J connectivity index is 2.05. The average Bonchev–Trinajstić information content (AvgIpc) is 3.17. The van der Waals surface area contributed by atoms with Crippen molar-refractivity contribution >= 4 is 11.6 Å². The predicted molar refractivity (Wildman–Crippen MR) is 82.3 cm³/mol. The van der Waals surface area contributed by atoms with Crippen LogP contribution >= 0.6 is 0 Å². The monoisotopic (exact) mass is 329 g/mol. The van der Waals surface area contributed by atoms with Crippen molar-refractivity contribution in [2.45, 2.75) is 52.3 Å². The summed E-state index contributed by atoms with van der Waals surface area (Å²) < 4.78 is 44.3. The Morgan fingerprint density at radius 3 is 2.39 bits per heavy atom. The molecule has 1 fully saturated rings. The number of carbonyl (C=O) groups is 1. The minimum Gasteiger partial charge on any atom is -0.491 e. The van der Waals surface area contributed by atoms with Gasteiger partial charge in [-0.05, 0) is 51.0 Å². The van der Waals surface area contributed by atoms with Crippen LogP contribution < -0.4 is 10.1 Å². The summed E-state index contributed by atoms with van der Waals surface area (Å²) >= 11 is 0. The molecule has 1 amide bonds. The molecule has 1 aliphatic carbocycles. The molecule has 1 aromatic carbocycles. The number of amides is 1. The van der Waals surface area contributed by atoms with Crippen LogP contribution in [0, 0.1) is 11.3 Å². The van der Waals surface area contributed by atoms with E-state index in [0.29, 0.717) is 17.9 Å². The Labute approximate surface area is 134 Å². The SMILES string of the molecule is CCCC1(C(=O)Nc2ccc(OC(C)C)cc2)CC1C(F)(F)F. The molecule has 23 heavy (non-hydrogen) atoms. The second-order valence-electron chi connectivity index (χ2n) is 6.35. The fourth-order valence-corrected chi connectivity index (χ4v) is 2.97. The van der Waals surface area contributed by atoms with Crippen LogP contribution in [0.1, 0.15) is 40.0 Å². The van der Waals surface area contributed by atoms with Crippen molar-refractivity contribution in [1.82, 2.24) is 0 Å². The van der Waals surface area contributed by atoms with Crippen LogP contribution in [-0.4, -0.2) is 18.2 Å². The summed E-state index contributed by atoms with van der Waals surface area (Å²) in [4.78, 5) is 12.4. The maximum absolute atomic E-state index is 12.9. The van der Waals surface area contributed by atoms with Gasteiger partial charge in [-0.15, -0.1) is 0 Å². The van der Waals surface area contributed by atoms with Gasteiger partial charge < -0.3 is 10.1 Å². The molecule has 3 nitrogen and oxygen atoms in total. The van der Waals surface area contributed by atoms with Crippen molar-refractivity contribution in [3.8, 4) is 5.75 Å². The van der Waals surface area contributed by atoms with E-state index in [-0.39, 0.29) is 18.9 Å². The van der Waals surface area contributed by atoms with Gasteiger partial charge in [-0.1, -0.05) is 13.3 Å². The van der Waals surface area contributed by atoms with E-state index in [4.69, 9.17) is 4.74 Å². The molecular formula is C17H22F3NO2. The van der Waals surface area contributed by atoms with Crippen molar-refractivity contribution in [1.29, 1.82) is 0 Å². The second kappa shape index (κ2) is 6.42. The van der Waals surface area contributed by atoms with E-state index in [9.17, 15) is 18.0 Å². The summed E-state index contributed by atoms with van der Waals surface area (Å²) in [5.41, 5.74) is -0.825. The number of alkyl halides is 3. The summed E-state index contributed by atoms with van der Waals surface area (Å²) in [5.74, 6) is -1.42. The Morgan fingerprint density at radius 2 is 1.96 bits per heavy atom. The molecule has 1 N–H and O–H groups in total. The topological polar surface area (TPSA) is 38.3 Å². The molecule has 1 aliphatic rings. The van der Waals surface area contributed by atoms with Gasteiger partial charge in [0.2, 0.25) is 5.91 Å². The van der Waals surface area contributed by atoms with Gasteiger partial charge >= 0.3 is 6.18 Å². The van der Waals surface area contributed by atoms with Crippen molar-refractivity contribution in [2.75, 3.05) is 5.32 Å². The van der Waals surface area contributed by atoms with Crippen LogP contribution in [0.5, 0.6) is 5.75 Å². The Morgan fingerprint density at radius 1 is 1.35 bits per heavy atom. The number of hydrogen-bond donors (Lipinski definition) is 1. The maximum Gasteiger partial charge on any atom is 0.392 e. The van der Waals surface area contributed by atoms with E-state index in [0.717, 1.165) is 0 Å². The van der Waals surface area contributed by atoms with E-state index in [2.05, 4.69) is 5.32 Å². The van der Waals surface area contributed by atoms with Gasteiger partial charge in [0.25, 0.3) is 0 Å². The van der Waals surface area contributed by atoms with Gasteiger partial charge in [-0.3, -0.25) is 4.79 Å². The zero-order valence-corrected chi connectivity index (χ0v) is 13.5. The second-order valence-corrected chi connectivity index (χ2v) is 6.35. The van der Waals surface area contributed by atoms with E-state index >= 15 is 0 Å². The third-order valence-corrected chi connectivity index (χ3v) is 4.10. The molecule has 0 radical (unpaired) electrons. The molecule has 0 spiro atoms. The minimum absolute atomic E-state index is 0.0299. The van der Waals surface area contributed by atoms with Crippen molar-refractivity contribution < 1.29 is 22.7 Å². The summed E-state index contributed by atoms with van der Waals surface area (Å²) in [6.45, 7) is 5.59. The largest absolute Gasteiger partial charge is 0.491 e. The number of rotatable bonds is 6. The third kappa shape index (κ3) is 3.98. The Hall–Kier alpha value is -1.72. The first-order valence-electron chi connectivity index (χ1n) is 7.84. The first-order valence-corrected chi connectivity index (χ1v) is 7.84. The lowest BCUT2D eigenvalue weighted by molar-refractivity contribution is -0.160. The number of benzene rings is 1. The first-order chi connectivity index (χ1) is 10.7. The highest BCUT2D eigenvalue weighted by atomic mass is 19.4. The quantitative estimate of drug-likeness (QED) is 0.815. The Kier molecular flexibility index (Phi) is 4.92. The summed E-state index contributed by atoms with van der Waals surface area (Å²) in [6, 6.07) is 6.66. The van der Waals surface area contributed by atoms with Crippen LogP contribution in [0.3, 0.4) is 0 Å². The summed E-state index contributed by atoms with van der Waals surface area (Å²) in [5, 5.41) is 2.62. The summed E-state index contributed by atoms with van der Waals surface area (Å²) in [7, 11) is 0. The highest BCUT2D eigenvalue weighted by Crippen LogP contribution is 2.63. The zero-order chi connectivity index (χ0) is 17.3. The number of hydrogen-bond acceptors (Lipinski definition) is 2. The van der Waals surface area contributed by atoms with Crippen LogP contribution in [-0.2, 0) is 4.79 Å². The van der Waals surface area contributed by atoms with Crippen molar-refractivity contribution in [2.24, 2.45) is 11.3 Å². The number of anilines is 1. The van der Waals surface area contributed by atoms with Gasteiger partial charge in [-0.25, -0.2) is 0 Å². The molecule has 2 rings (SSSR count). The summed E-state index contributed by atoms with van der Waals surface area (Å²) in [6.07, 6.45) is -3.62. The third-order valence-electron chi connectivity index (χ3n) is 4.10. The Bertz CT molecular complexity index is 554. The van der Waals surface area contributed by atoms with Gasteiger partial charge in [0.15, 0.2) is 0 Å². The zero-order valence-electron chi connectivity index (χ0n) is 13.5.